The predicted molar refractivity (Wildman–Crippen MR) is 65.4 cm³/mol. The Morgan fingerprint density at radius 1 is 1.17 bits per heavy atom. The number of alkyl halides is 3. The van der Waals surface area contributed by atoms with Gasteiger partial charge in [0, 0.05) is 12.3 Å². The number of rotatable bonds is 6. The Balaban J connectivity index is 2.51. The van der Waals surface area contributed by atoms with Gasteiger partial charge in [-0.05, 0) is 24.8 Å². The maximum atomic E-state index is 12.0. The van der Waals surface area contributed by atoms with Crippen molar-refractivity contribution in [2.24, 2.45) is 0 Å². The van der Waals surface area contributed by atoms with Crippen LogP contribution in [-0.2, 0) is 0 Å². The summed E-state index contributed by atoms with van der Waals surface area (Å²) >= 11 is 0. The number of aliphatic hydroxyl groups excluding tert-OH is 1. The minimum absolute atomic E-state index is 0.0198. The number of benzene rings is 1. The van der Waals surface area contributed by atoms with Crippen molar-refractivity contribution < 1.29 is 18.3 Å². The van der Waals surface area contributed by atoms with Gasteiger partial charge in [0.2, 0.25) is 0 Å². The van der Waals surface area contributed by atoms with Crippen LogP contribution in [0.2, 0.25) is 0 Å². The molecule has 0 fully saturated rings. The molecule has 102 valence electrons. The third-order valence-corrected chi connectivity index (χ3v) is 3.09. The van der Waals surface area contributed by atoms with E-state index in [1.165, 1.54) is 0 Å². The van der Waals surface area contributed by atoms with E-state index in [2.05, 4.69) is 0 Å². The van der Waals surface area contributed by atoms with Crippen LogP contribution in [0.15, 0.2) is 30.3 Å². The molecule has 0 radical (unpaired) electrons. The Hall–Kier alpha value is -1.03. The number of halogens is 3. The Labute approximate surface area is 106 Å². The monoisotopic (exact) mass is 260 g/mol. The highest BCUT2D eigenvalue weighted by Crippen LogP contribution is 2.28. The Morgan fingerprint density at radius 2 is 1.78 bits per heavy atom. The van der Waals surface area contributed by atoms with Crippen LogP contribution in [-0.4, -0.2) is 17.4 Å². The fourth-order valence-corrected chi connectivity index (χ4v) is 2.14. The van der Waals surface area contributed by atoms with Gasteiger partial charge in [-0.15, -0.1) is 0 Å². The van der Waals surface area contributed by atoms with E-state index in [0.717, 1.165) is 12.0 Å². The van der Waals surface area contributed by atoms with Gasteiger partial charge in [0.15, 0.2) is 0 Å². The van der Waals surface area contributed by atoms with E-state index in [0.29, 0.717) is 0 Å². The molecule has 0 aliphatic carbocycles. The van der Waals surface area contributed by atoms with Crippen LogP contribution in [0, 0.1) is 0 Å². The van der Waals surface area contributed by atoms with Crippen molar-refractivity contribution in [1.82, 2.24) is 0 Å². The predicted octanol–water partition coefficient (Wildman–Crippen LogP) is 4.27. The van der Waals surface area contributed by atoms with Crippen molar-refractivity contribution in [2.45, 2.75) is 50.8 Å². The van der Waals surface area contributed by atoms with E-state index in [1.54, 1.807) is 0 Å². The first-order chi connectivity index (χ1) is 8.44. The number of aliphatic hydroxyl groups is 1. The maximum Gasteiger partial charge on any atom is 0.389 e. The lowest BCUT2D eigenvalue weighted by Gasteiger charge is -2.22. The SMILES string of the molecule is CCC(c1ccccc1)C(O)CCCC(F)(F)F. The Morgan fingerprint density at radius 3 is 2.28 bits per heavy atom. The summed E-state index contributed by atoms with van der Waals surface area (Å²) in [5.74, 6) is -0.0839. The molecule has 0 saturated heterocycles. The summed E-state index contributed by atoms with van der Waals surface area (Å²) in [5, 5.41) is 9.99. The highest BCUT2D eigenvalue weighted by Gasteiger charge is 2.27. The smallest absolute Gasteiger partial charge is 0.389 e. The Bertz CT molecular complexity index is 335. The maximum absolute atomic E-state index is 12.0. The molecule has 1 rings (SSSR count). The molecule has 0 aliphatic heterocycles. The summed E-state index contributed by atoms with van der Waals surface area (Å²) in [6.07, 6.45) is -4.78. The van der Waals surface area contributed by atoms with Crippen molar-refractivity contribution >= 4 is 0 Å². The molecule has 0 amide bonds. The highest BCUT2D eigenvalue weighted by molar-refractivity contribution is 5.20. The second kappa shape index (κ2) is 6.78. The topological polar surface area (TPSA) is 20.2 Å². The van der Waals surface area contributed by atoms with Gasteiger partial charge in [0.1, 0.15) is 0 Å². The van der Waals surface area contributed by atoms with Crippen molar-refractivity contribution in [3.63, 3.8) is 0 Å². The molecule has 2 atom stereocenters. The molecule has 0 aliphatic rings. The van der Waals surface area contributed by atoms with Gasteiger partial charge in [-0.1, -0.05) is 37.3 Å². The van der Waals surface area contributed by atoms with Crippen molar-refractivity contribution in [2.75, 3.05) is 0 Å². The van der Waals surface area contributed by atoms with Gasteiger partial charge < -0.3 is 5.11 Å². The van der Waals surface area contributed by atoms with Crippen molar-refractivity contribution in [3.8, 4) is 0 Å². The van der Waals surface area contributed by atoms with E-state index < -0.39 is 18.7 Å². The van der Waals surface area contributed by atoms with Crippen LogP contribution in [0.5, 0.6) is 0 Å². The molecule has 1 aromatic carbocycles. The lowest BCUT2D eigenvalue weighted by atomic mass is 9.88. The van der Waals surface area contributed by atoms with E-state index in [9.17, 15) is 18.3 Å². The molecule has 0 bridgehead atoms. The second-order valence-electron chi connectivity index (χ2n) is 4.50. The van der Waals surface area contributed by atoms with Crippen LogP contribution in [0.4, 0.5) is 13.2 Å². The first-order valence-electron chi connectivity index (χ1n) is 6.23. The molecular weight excluding hydrogens is 241 g/mol. The van der Waals surface area contributed by atoms with E-state index in [1.807, 2.05) is 37.3 Å². The number of hydrogen-bond donors (Lipinski definition) is 1. The molecule has 0 heterocycles. The lowest BCUT2D eigenvalue weighted by Crippen LogP contribution is -2.19. The van der Waals surface area contributed by atoms with E-state index >= 15 is 0 Å². The van der Waals surface area contributed by atoms with Gasteiger partial charge in [0.25, 0.3) is 0 Å². The van der Waals surface area contributed by atoms with Gasteiger partial charge in [-0.3, -0.25) is 0 Å². The summed E-state index contributed by atoms with van der Waals surface area (Å²) in [4.78, 5) is 0. The van der Waals surface area contributed by atoms with E-state index in [4.69, 9.17) is 0 Å². The third-order valence-electron chi connectivity index (χ3n) is 3.09. The Kier molecular flexibility index (Phi) is 5.66. The third kappa shape index (κ3) is 5.08. The average Bonchev–Trinajstić information content (AvgIpc) is 2.29. The molecule has 0 aromatic heterocycles. The number of hydrogen-bond acceptors (Lipinski definition) is 1. The zero-order chi connectivity index (χ0) is 13.6. The van der Waals surface area contributed by atoms with Crippen LogP contribution >= 0.6 is 0 Å². The standard InChI is InChI=1S/C14H19F3O/c1-2-12(11-7-4-3-5-8-11)13(18)9-6-10-14(15,16)17/h3-5,7-8,12-13,18H,2,6,9-10H2,1H3. The molecule has 1 N–H and O–H groups in total. The van der Waals surface area contributed by atoms with Crippen LogP contribution in [0.1, 0.15) is 44.1 Å². The summed E-state index contributed by atoms with van der Waals surface area (Å²) in [6.45, 7) is 1.94. The summed E-state index contributed by atoms with van der Waals surface area (Å²) < 4.78 is 36.1. The normalized spacial score (nSPS) is 15.4. The molecule has 0 saturated carbocycles. The molecule has 1 aromatic rings. The van der Waals surface area contributed by atoms with Gasteiger partial charge in [-0.25, -0.2) is 0 Å². The van der Waals surface area contributed by atoms with Gasteiger partial charge >= 0.3 is 6.18 Å². The summed E-state index contributed by atoms with van der Waals surface area (Å²) in [5.41, 5.74) is 0.986. The fraction of sp³-hybridized carbons (Fsp3) is 0.571. The first-order valence-corrected chi connectivity index (χ1v) is 6.23. The molecule has 2 unspecified atom stereocenters. The minimum Gasteiger partial charge on any atom is -0.392 e. The lowest BCUT2D eigenvalue weighted by molar-refractivity contribution is -0.136. The zero-order valence-corrected chi connectivity index (χ0v) is 10.5. The summed E-state index contributed by atoms with van der Waals surface area (Å²) in [6, 6.07) is 9.44. The van der Waals surface area contributed by atoms with E-state index in [-0.39, 0.29) is 18.8 Å². The zero-order valence-electron chi connectivity index (χ0n) is 10.5. The molecular formula is C14H19F3O. The molecule has 18 heavy (non-hydrogen) atoms. The quantitative estimate of drug-likeness (QED) is 0.809. The summed E-state index contributed by atoms with van der Waals surface area (Å²) in [7, 11) is 0. The molecule has 0 spiro atoms. The average molecular weight is 260 g/mol. The van der Waals surface area contributed by atoms with Gasteiger partial charge in [-0.2, -0.15) is 13.2 Å². The highest BCUT2D eigenvalue weighted by atomic mass is 19.4. The second-order valence-corrected chi connectivity index (χ2v) is 4.50. The van der Waals surface area contributed by atoms with Crippen LogP contribution < -0.4 is 0 Å². The van der Waals surface area contributed by atoms with Gasteiger partial charge in [0.05, 0.1) is 6.10 Å². The van der Waals surface area contributed by atoms with Crippen molar-refractivity contribution in [3.05, 3.63) is 35.9 Å². The largest absolute Gasteiger partial charge is 0.392 e. The minimum atomic E-state index is -4.13. The molecule has 4 heteroatoms. The van der Waals surface area contributed by atoms with Crippen molar-refractivity contribution in [1.29, 1.82) is 0 Å². The van der Waals surface area contributed by atoms with Crippen LogP contribution in [0.25, 0.3) is 0 Å². The molecule has 1 nitrogen and oxygen atoms in total. The first kappa shape index (κ1) is 15.0. The van der Waals surface area contributed by atoms with Crippen LogP contribution in [0.3, 0.4) is 0 Å². The fourth-order valence-electron chi connectivity index (χ4n) is 2.14.